The van der Waals surface area contributed by atoms with E-state index in [1.165, 1.54) is 90.7 Å². The van der Waals surface area contributed by atoms with Crippen molar-refractivity contribution >= 4 is 17.1 Å². The zero-order valence-corrected chi connectivity index (χ0v) is 35.9. The fourth-order valence-corrected chi connectivity index (χ4v) is 15.9. The van der Waals surface area contributed by atoms with Crippen LogP contribution in [-0.4, -0.2) is 0 Å². The van der Waals surface area contributed by atoms with Gasteiger partial charge in [0.1, 0.15) is 0 Å². The summed E-state index contributed by atoms with van der Waals surface area (Å²) >= 11 is 0. The Morgan fingerprint density at radius 2 is 1.14 bits per heavy atom. The second kappa shape index (κ2) is 11.0. The number of allylic oxidation sites excluding steroid dienone is 4. The lowest BCUT2D eigenvalue weighted by Crippen LogP contribution is -2.75. The van der Waals surface area contributed by atoms with E-state index in [4.69, 9.17) is 0 Å². The van der Waals surface area contributed by atoms with E-state index in [0.717, 1.165) is 23.7 Å². The van der Waals surface area contributed by atoms with Gasteiger partial charge in [0.05, 0.1) is 0 Å². The highest BCUT2D eigenvalue weighted by molar-refractivity contribution is 5.85. The minimum atomic E-state index is 0.136. The third kappa shape index (κ3) is 4.33. The van der Waals surface area contributed by atoms with Crippen molar-refractivity contribution in [1.82, 2.24) is 0 Å². The summed E-state index contributed by atoms with van der Waals surface area (Å²) in [4.78, 5) is 2.65. The van der Waals surface area contributed by atoms with Gasteiger partial charge in [-0.25, -0.2) is 0 Å². The number of nitrogens with zero attached hydrogens (tertiary/aromatic N) is 1. The molecule has 57 heavy (non-hydrogen) atoms. The first kappa shape index (κ1) is 35.1. The Hall–Kier alpha value is -3.84. The van der Waals surface area contributed by atoms with Gasteiger partial charge in [0, 0.05) is 28.4 Å². The van der Waals surface area contributed by atoms with Gasteiger partial charge in [-0.05, 0) is 189 Å². The molecule has 2 spiro atoms. The van der Waals surface area contributed by atoms with E-state index in [2.05, 4.69) is 163 Å². The highest BCUT2D eigenvalue weighted by Crippen LogP contribution is 2.90. The summed E-state index contributed by atoms with van der Waals surface area (Å²) in [6, 6.07) is 32.0. The van der Waals surface area contributed by atoms with E-state index in [9.17, 15) is 0 Å². The molecule has 8 unspecified atom stereocenters. The van der Waals surface area contributed by atoms with Crippen molar-refractivity contribution in [1.29, 1.82) is 0 Å². The van der Waals surface area contributed by atoms with Gasteiger partial charge < -0.3 is 4.90 Å². The lowest BCUT2D eigenvalue weighted by molar-refractivity contribution is -0.259. The molecule has 12 rings (SSSR count). The largest absolute Gasteiger partial charge is 0.310 e. The summed E-state index contributed by atoms with van der Waals surface area (Å²) in [6.45, 7) is 19.8. The molecule has 0 heterocycles. The molecule has 0 aliphatic heterocycles. The summed E-state index contributed by atoms with van der Waals surface area (Å²) < 4.78 is 0. The minimum absolute atomic E-state index is 0.136. The van der Waals surface area contributed by atoms with Gasteiger partial charge in [0.15, 0.2) is 0 Å². The molecule has 4 fully saturated rings. The molecule has 4 aromatic rings. The first-order valence-corrected chi connectivity index (χ1v) is 22.9. The van der Waals surface area contributed by atoms with Gasteiger partial charge in [-0.1, -0.05) is 122 Å². The SMILES string of the molecule is CC1(C)CCC(C)(C)c2cc(-c3cc(N(c4ccccc4)c4ccc5c(c4)C(C)(C)CCC5(C)C)cc4c3C3C=CC=CC3C43C4CC5CC6CC3C64C5)ccc21. The molecule has 4 saturated carbocycles. The first-order chi connectivity index (χ1) is 27.2. The number of hydrogen-bond acceptors (Lipinski definition) is 1. The van der Waals surface area contributed by atoms with Crippen molar-refractivity contribution in [3.63, 3.8) is 0 Å². The molecule has 0 aromatic heterocycles. The molecule has 0 saturated heterocycles. The van der Waals surface area contributed by atoms with E-state index in [1.54, 1.807) is 22.3 Å². The van der Waals surface area contributed by atoms with Crippen LogP contribution in [0.5, 0.6) is 0 Å². The molecular formula is C56H63N. The second-order valence-electron chi connectivity index (χ2n) is 23.1. The molecule has 0 amide bonds. The Labute approximate surface area is 343 Å². The summed E-state index contributed by atoms with van der Waals surface area (Å²) in [6.07, 6.45) is 21.0. The smallest absolute Gasteiger partial charge is 0.0470 e. The van der Waals surface area contributed by atoms with Gasteiger partial charge in [-0.15, -0.1) is 0 Å². The average molecular weight is 750 g/mol. The summed E-state index contributed by atoms with van der Waals surface area (Å²) in [5, 5.41) is 0. The van der Waals surface area contributed by atoms with E-state index in [1.807, 2.05) is 0 Å². The van der Waals surface area contributed by atoms with Crippen molar-refractivity contribution in [3.8, 4) is 11.1 Å². The molecule has 4 aromatic carbocycles. The van der Waals surface area contributed by atoms with Crippen LogP contribution in [0.25, 0.3) is 11.1 Å². The van der Waals surface area contributed by atoms with Crippen molar-refractivity contribution in [2.24, 2.45) is 35.0 Å². The highest BCUT2D eigenvalue weighted by atomic mass is 15.1. The Bertz CT molecular complexity index is 2440. The van der Waals surface area contributed by atoms with Crippen molar-refractivity contribution in [2.45, 2.75) is 140 Å². The van der Waals surface area contributed by atoms with Gasteiger partial charge >= 0.3 is 0 Å². The average Bonchev–Trinajstić information content (AvgIpc) is 3.83. The summed E-state index contributed by atoms with van der Waals surface area (Å²) in [5.41, 5.74) is 17.9. The predicted octanol–water partition coefficient (Wildman–Crippen LogP) is 14.7. The third-order valence-electron chi connectivity index (χ3n) is 18.7. The van der Waals surface area contributed by atoms with Crippen LogP contribution in [-0.2, 0) is 27.1 Å². The molecule has 1 heteroatoms. The van der Waals surface area contributed by atoms with Crippen LogP contribution in [0.2, 0.25) is 0 Å². The fourth-order valence-electron chi connectivity index (χ4n) is 15.9. The maximum Gasteiger partial charge on any atom is 0.0470 e. The summed E-state index contributed by atoms with van der Waals surface area (Å²) in [7, 11) is 0. The quantitative estimate of drug-likeness (QED) is 0.201. The zero-order valence-electron chi connectivity index (χ0n) is 35.9. The molecule has 8 aliphatic rings. The lowest BCUT2D eigenvalue weighted by Gasteiger charge is -2.78. The number of anilines is 3. The topological polar surface area (TPSA) is 3.24 Å². The van der Waals surface area contributed by atoms with Crippen LogP contribution in [0.4, 0.5) is 17.1 Å². The van der Waals surface area contributed by atoms with E-state index >= 15 is 0 Å². The number of benzene rings is 4. The van der Waals surface area contributed by atoms with Crippen molar-refractivity contribution in [2.75, 3.05) is 4.90 Å². The number of rotatable bonds is 4. The Morgan fingerprint density at radius 3 is 1.84 bits per heavy atom. The van der Waals surface area contributed by atoms with Gasteiger partial charge in [0.2, 0.25) is 0 Å². The van der Waals surface area contributed by atoms with Gasteiger partial charge in [-0.3, -0.25) is 0 Å². The molecule has 2 bridgehead atoms. The lowest BCUT2D eigenvalue weighted by atomic mass is 9.26. The Kier molecular flexibility index (Phi) is 6.81. The van der Waals surface area contributed by atoms with E-state index in [0.29, 0.717) is 17.3 Å². The standard InChI is InChI=1S/C56H63N/c1-51(2)22-24-53(5,6)45-28-35(18-20-43(45)51)41-30-39(57(37-14-10-9-11-15-37)38-19-21-44-46(31-38)54(7,8)25-23-52(44,3)4)32-47-50(41)40-16-12-13-17-42(40)56(47)48-27-34-26-36-29-49(56)55(36,48)33-34/h9-21,28,30-32,34,36,40,42,48-49H,22-27,29,33H2,1-8H3. The van der Waals surface area contributed by atoms with Crippen LogP contribution >= 0.6 is 0 Å². The first-order valence-electron chi connectivity index (χ1n) is 22.9. The molecule has 8 aliphatic carbocycles. The fraction of sp³-hybridized carbons (Fsp3) is 0.500. The van der Waals surface area contributed by atoms with Crippen LogP contribution in [0, 0.1) is 35.0 Å². The Morgan fingerprint density at radius 1 is 0.526 bits per heavy atom. The minimum Gasteiger partial charge on any atom is -0.310 e. The monoisotopic (exact) mass is 749 g/mol. The van der Waals surface area contributed by atoms with Crippen molar-refractivity contribution < 1.29 is 0 Å². The zero-order chi connectivity index (χ0) is 39.1. The number of para-hydroxylation sites is 1. The molecule has 292 valence electrons. The maximum absolute atomic E-state index is 2.76. The highest BCUT2D eigenvalue weighted by Gasteiger charge is 2.85. The third-order valence-corrected chi connectivity index (χ3v) is 18.7. The molecule has 0 N–H and O–H groups in total. The normalized spacial score (nSPS) is 35.4. The molecule has 0 radical (unpaired) electrons. The van der Waals surface area contributed by atoms with Gasteiger partial charge in [-0.2, -0.15) is 0 Å². The van der Waals surface area contributed by atoms with Crippen LogP contribution in [0.15, 0.2) is 103 Å². The van der Waals surface area contributed by atoms with Crippen LogP contribution in [0.1, 0.15) is 146 Å². The van der Waals surface area contributed by atoms with Gasteiger partial charge in [0.25, 0.3) is 0 Å². The maximum atomic E-state index is 2.76. The molecular weight excluding hydrogens is 687 g/mol. The predicted molar refractivity (Wildman–Crippen MR) is 238 cm³/mol. The van der Waals surface area contributed by atoms with E-state index in [-0.39, 0.29) is 27.1 Å². The Balaban J connectivity index is 1.13. The number of hydrogen-bond donors (Lipinski definition) is 0. The van der Waals surface area contributed by atoms with Crippen LogP contribution in [0.3, 0.4) is 0 Å². The van der Waals surface area contributed by atoms with E-state index < -0.39 is 0 Å². The summed E-state index contributed by atoms with van der Waals surface area (Å²) in [5.74, 6) is 4.56. The van der Waals surface area contributed by atoms with Crippen molar-refractivity contribution in [3.05, 3.63) is 137 Å². The number of fused-ring (bicyclic) bond motifs is 10. The molecule has 8 atom stereocenters. The molecule has 1 nitrogen and oxygen atoms in total. The van der Waals surface area contributed by atoms with Crippen LogP contribution < -0.4 is 4.90 Å². The second-order valence-corrected chi connectivity index (χ2v) is 23.1.